The van der Waals surface area contributed by atoms with Crippen molar-refractivity contribution in [3.05, 3.63) is 95.1 Å². The van der Waals surface area contributed by atoms with Crippen LogP contribution < -0.4 is 15.5 Å². The van der Waals surface area contributed by atoms with Gasteiger partial charge in [0.05, 0.1) is 10.5 Å². The SMILES string of the molecule is CCc1cccc(CNCCCNC(=O)c2ccc(S(=O)(=O)N3CCN(c4cccc(C(F)(F)F)c4)CC3)cc2)c1. The summed E-state index contributed by atoms with van der Waals surface area (Å²) in [6, 6.07) is 19.3. The Bertz CT molecular complexity index is 1420. The number of halogens is 3. The number of carbonyl (C=O) groups excluding carboxylic acids is 1. The van der Waals surface area contributed by atoms with Crippen LogP contribution in [0, 0.1) is 0 Å². The molecule has 0 spiro atoms. The molecule has 0 unspecified atom stereocenters. The van der Waals surface area contributed by atoms with Crippen molar-refractivity contribution in [1.82, 2.24) is 14.9 Å². The van der Waals surface area contributed by atoms with Gasteiger partial charge in [0.15, 0.2) is 0 Å². The third-order valence-corrected chi connectivity index (χ3v) is 8.99. The predicted octanol–water partition coefficient (Wildman–Crippen LogP) is 4.69. The number of piperazine rings is 1. The Morgan fingerprint density at radius 1 is 0.878 bits per heavy atom. The number of amides is 1. The highest BCUT2D eigenvalue weighted by Crippen LogP contribution is 2.32. The van der Waals surface area contributed by atoms with Crippen LogP contribution in [-0.2, 0) is 29.2 Å². The summed E-state index contributed by atoms with van der Waals surface area (Å²) in [5.41, 5.74) is 2.56. The highest BCUT2D eigenvalue weighted by molar-refractivity contribution is 7.89. The molecule has 0 aromatic heterocycles. The molecule has 11 heteroatoms. The molecule has 7 nitrogen and oxygen atoms in total. The van der Waals surface area contributed by atoms with Crippen molar-refractivity contribution in [2.24, 2.45) is 0 Å². The zero-order chi connectivity index (χ0) is 29.5. The molecule has 2 N–H and O–H groups in total. The van der Waals surface area contributed by atoms with Gasteiger partial charge in [0.2, 0.25) is 10.0 Å². The van der Waals surface area contributed by atoms with Crippen molar-refractivity contribution in [2.45, 2.75) is 37.4 Å². The average Bonchev–Trinajstić information content (AvgIpc) is 2.98. The molecule has 0 atom stereocenters. The first-order chi connectivity index (χ1) is 19.6. The van der Waals surface area contributed by atoms with Crippen LogP contribution in [-0.4, -0.2) is 57.9 Å². The van der Waals surface area contributed by atoms with E-state index in [1.165, 1.54) is 45.8 Å². The van der Waals surface area contributed by atoms with Gasteiger partial charge in [-0.3, -0.25) is 4.79 Å². The second kappa shape index (κ2) is 13.5. The zero-order valence-electron chi connectivity index (χ0n) is 23.0. The molecule has 0 aliphatic carbocycles. The molecular formula is C30H35F3N4O3S. The van der Waals surface area contributed by atoms with E-state index in [1.54, 1.807) is 11.0 Å². The molecule has 1 fully saturated rings. The van der Waals surface area contributed by atoms with Crippen LogP contribution >= 0.6 is 0 Å². The van der Waals surface area contributed by atoms with Gasteiger partial charge >= 0.3 is 6.18 Å². The zero-order valence-corrected chi connectivity index (χ0v) is 23.8. The maximum Gasteiger partial charge on any atom is 0.416 e. The van der Waals surface area contributed by atoms with E-state index in [4.69, 9.17) is 0 Å². The molecule has 41 heavy (non-hydrogen) atoms. The first-order valence-electron chi connectivity index (χ1n) is 13.7. The molecule has 1 aliphatic heterocycles. The summed E-state index contributed by atoms with van der Waals surface area (Å²) in [5.74, 6) is -0.278. The van der Waals surface area contributed by atoms with E-state index in [-0.39, 0.29) is 37.0 Å². The highest BCUT2D eigenvalue weighted by atomic mass is 32.2. The summed E-state index contributed by atoms with van der Waals surface area (Å²) in [6.45, 7) is 4.92. The normalized spacial score (nSPS) is 14.7. The lowest BCUT2D eigenvalue weighted by atomic mass is 10.1. The van der Waals surface area contributed by atoms with E-state index >= 15 is 0 Å². The van der Waals surface area contributed by atoms with Gasteiger partial charge < -0.3 is 15.5 Å². The lowest BCUT2D eigenvalue weighted by Gasteiger charge is -2.35. The van der Waals surface area contributed by atoms with Crippen molar-refractivity contribution >= 4 is 21.6 Å². The van der Waals surface area contributed by atoms with Gasteiger partial charge in [-0.15, -0.1) is 0 Å². The third kappa shape index (κ3) is 8.08. The fraction of sp³-hybridized carbons (Fsp3) is 0.367. The van der Waals surface area contributed by atoms with Crippen molar-refractivity contribution in [3.8, 4) is 0 Å². The maximum atomic E-state index is 13.2. The quantitative estimate of drug-likeness (QED) is 0.318. The summed E-state index contributed by atoms with van der Waals surface area (Å²) < 4.78 is 66.8. The van der Waals surface area contributed by atoms with E-state index in [2.05, 4.69) is 41.8 Å². The summed E-state index contributed by atoms with van der Waals surface area (Å²) in [4.78, 5) is 14.3. The third-order valence-electron chi connectivity index (χ3n) is 7.08. The number of benzene rings is 3. The number of anilines is 1. The largest absolute Gasteiger partial charge is 0.416 e. The number of hydrogen-bond acceptors (Lipinski definition) is 5. The van der Waals surface area contributed by atoms with Gasteiger partial charge in [-0.25, -0.2) is 8.42 Å². The second-order valence-corrected chi connectivity index (χ2v) is 11.9. The van der Waals surface area contributed by atoms with Crippen LogP contribution in [0.3, 0.4) is 0 Å². The number of nitrogens with one attached hydrogen (secondary N) is 2. The highest BCUT2D eigenvalue weighted by Gasteiger charge is 2.32. The van der Waals surface area contributed by atoms with E-state index in [1.807, 2.05) is 0 Å². The van der Waals surface area contributed by atoms with E-state index in [0.717, 1.165) is 38.1 Å². The molecule has 1 aliphatic rings. The van der Waals surface area contributed by atoms with Crippen LogP contribution in [0.1, 0.15) is 40.4 Å². The Morgan fingerprint density at radius 2 is 1.56 bits per heavy atom. The van der Waals surface area contributed by atoms with Crippen LogP contribution in [0.4, 0.5) is 18.9 Å². The van der Waals surface area contributed by atoms with Crippen LogP contribution in [0.15, 0.2) is 77.7 Å². The molecule has 1 amide bonds. The molecule has 3 aromatic carbocycles. The van der Waals surface area contributed by atoms with E-state index < -0.39 is 21.8 Å². The molecule has 3 aromatic rings. The summed E-state index contributed by atoms with van der Waals surface area (Å²) in [7, 11) is -3.81. The molecule has 0 radical (unpaired) electrons. The van der Waals surface area contributed by atoms with Gasteiger partial charge in [0.25, 0.3) is 5.91 Å². The van der Waals surface area contributed by atoms with Gasteiger partial charge in [-0.1, -0.05) is 37.3 Å². The minimum absolute atomic E-state index is 0.0675. The van der Waals surface area contributed by atoms with Gasteiger partial charge in [0.1, 0.15) is 0 Å². The topological polar surface area (TPSA) is 81.7 Å². The number of nitrogens with zero attached hydrogens (tertiary/aromatic N) is 2. The van der Waals surface area contributed by atoms with Crippen molar-refractivity contribution in [3.63, 3.8) is 0 Å². The average molecular weight is 589 g/mol. The number of sulfonamides is 1. The fourth-order valence-electron chi connectivity index (χ4n) is 4.70. The van der Waals surface area contributed by atoms with Gasteiger partial charge in [-0.2, -0.15) is 17.5 Å². The molecular weight excluding hydrogens is 553 g/mol. The monoisotopic (exact) mass is 588 g/mol. The lowest BCUT2D eigenvalue weighted by molar-refractivity contribution is -0.137. The van der Waals surface area contributed by atoms with Crippen LogP contribution in [0.25, 0.3) is 0 Å². The lowest BCUT2D eigenvalue weighted by Crippen LogP contribution is -2.48. The summed E-state index contributed by atoms with van der Waals surface area (Å²) >= 11 is 0. The van der Waals surface area contributed by atoms with Crippen molar-refractivity contribution in [2.75, 3.05) is 44.2 Å². The fourth-order valence-corrected chi connectivity index (χ4v) is 6.12. The number of aryl methyl sites for hydroxylation is 1. The Balaban J connectivity index is 1.23. The Morgan fingerprint density at radius 3 is 2.24 bits per heavy atom. The molecule has 0 saturated carbocycles. The minimum atomic E-state index is -4.44. The maximum absolute atomic E-state index is 13.2. The Hall–Kier alpha value is -3.41. The van der Waals surface area contributed by atoms with Crippen molar-refractivity contribution in [1.29, 1.82) is 0 Å². The first-order valence-corrected chi connectivity index (χ1v) is 15.1. The predicted molar refractivity (Wildman–Crippen MR) is 153 cm³/mol. The van der Waals surface area contributed by atoms with Gasteiger partial charge in [0, 0.05) is 50.5 Å². The summed E-state index contributed by atoms with van der Waals surface area (Å²) in [5, 5.41) is 6.23. The number of rotatable bonds is 11. The van der Waals surface area contributed by atoms with E-state index in [0.29, 0.717) is 17.8 Å². The standard InChI is InChI=1S/C30H35F3N4O3S/c1-2-23-6-3-7-24(20-23)22-34-14-5-15-35-29(38)25-10-12-28(13-11-25)41(39,40)37-18-16-36(17-19-37)27-9-4-8-26(21-27)30(31,32)33/h3-4,6-13,20-21,34H,2,5,14-19,22H2,1H3,(H,35,38). The Kier molecular flexibility index (Phi) is 10.1. The molecule has 220 valence electrons. The molecule has 4 rings (SSSR count). The molecule has 0 bridgehead atoms. The number of alkyl halides is 3. The van der Waals surface area contributed by atoms with E-state index in [9.17, 15) is 26.4 Å². The van der Waals surface area contributed by atoms with Crippen LogP contribution in [0.2, 0.25) is 0 Å². The van der Waals surface area contributed by atoms with Crippen molar-refractivity contribution < 1.29 is 26.4 Å². The van der Waals surface area contributed by atoms with Crippen LogP contribution in [0.5, 0.6) is 0 Å². The smallest absolute Gasteiger partial charge is 0.369 e. The van der Waals surface area contributed by atoms with Gasteiger partial charge in [-0.05, 0) is 73.0 Å². The number of hydrogen-bond donors (Lipinski definition) is 2. The Labute approximate surface area is 239 Å². The molecule has 1 saturated heterocycles. The minimum Gasteiger partial charge on any atom is -0.369 e. The second-order valence-electron chi connectivity index (χ2n) is 9.92. The molecule has 1 heterocycles. The summed E-state index contributed by atoms with van der Waals surface area (Å²) in [6.07, 6.45) is -2.70. The first kappa shape index (κ1) is 30.5. The number of carbonyl (C=O) groups is 1.